The Hall–Kier alpha value is -2.29. The summed E-state index contributed by atoms with van der Waals surface area (Å²) in [6.45, 7) is 4.63. The minimum absolute atomic E-state index is 0.0436. The van der Waals surface area contributed by atoms with E-state index in [1.54, 1.807) is 6.07 Å². The van der Waals surface area contributed by atoms with Crippen LogP contribution in [-0.4, -0.2) is 12.5 Å². The highest BCUT2D eigenvalue weighted by Crippen LogP contribution is 2.20. The zero-order valence-corrected chi connectivity index (χ0v) is 12.5. The van der Waals surface area contributed by atoms with Crippen LogP contribution in [0.3, 0.4) is 0 Å². The fraction of sp³-hybridized carbons (Fsp3) is 0.278. The number of para-hydroxylation sites is 1. The van der Waals surface area contributed by atoms with Gasteiger partial charge in [-0.05, 0) is 31.0 Å². The molecular formula is C18H21NO2. The molecule has 0 spiro atoms. The van der Waals surface area contributed by atoms with Crippen molar-refractivity contribution >= 4 is 5.91 Å². The second kappa shape index (κ2) is 7.48. The third kappa shape index (κ3) is 4.09. The van der Waals surface area contributed by atoms with Crippen molar-refractivity contribution in [3.05, 3.63) is 65.7 Å². The van der Waals surface area contributed by atoms with Crippen molar-refractivity contribution in [2.75, 3.05) is 6.61 Å². The molecule has 0 aliphatic heterocycles. The minimum atomic E-state index is -0.113. The molecule has 2 aromatic rings. The number of rotatable bonds is 6. The van der Waals surface area contributed by atoms with Gasteiger partial charge < -0.3 is 10.1 Å². The van der Waals surface area contributed by atoms with Gasteiger partial charge in [-0.15, -0.1) is 0 Å². The van der Waals surface area contributed by atoms with Gasteiger partial charge in [0.2, 0.25) is 0 Å². The van der Waals surface area contributed by atoms with Crippen LogP contribution < -0.4 is 10.1 Å². The van der Waals surface area contributed by atoms with Gasteiger partial charge in [0.1, 0.15) is 5.75 Å². The molecule has 0 bridgehead atoms. The van der Waals surface area contributed by atoms with Crippen molar-refractivity contribution in [3.8, 4) is 5.75 Å². The van der Waals surface area contributed by atoms with Gasteiger partial charge in [-0.2, -0.15) is 0 Å². The first-order valence-electron chi connectivity index (χ1n) is 7.30. The fourth-order valence-electron chi connectivity index (χ4n) is 2.09. The molecule has 0 fully saturated rings. The van der Waals surface area contributed by atoms with Crippen molar-refractivity contribution in [2.24, 2.45) is 0 Å². The van der Waals surface area contributed by atoms with Gasteiger partial charge in [0.15, 0.2) is 0 Å². The van der Waals surface area contributed by atoms with Gasteiger partial charge in [0.05, 0.1) is 18.2 Å². The van der Waals surface area contributed by atoms with E-state index in [0.29, 0.717) is 17.9 Å². The van der Waals surface area contributed by atoms with Gasteiger partial charge in [0.25, 0.3) is 5.91 Å². The lowest BCUT2D eigenvalue weighted by atomic mass is 10.1. The van der Waals surface area contributed by atoms with Gasteiger partial charge in [-0.25, -0.2) is 0 Å². The number of carbonyl (C=O) groups is 1. The Kier molecular flexibility index (Phi) is 5.38. The van der Waals surface area contributed by atoms with E-state index in [-0.39, 0.29) is 11.9 Å². The van der Waals surface area contributed by atoms with Gasteiger partial charge >= 0.3 is 0 Å². The highest BCUT2D eigenvalue weighted by molar-refractivity contribution is 5.97. The molecule has 2 rings (SSSR count). The predicted molar refractivity (Wildman–Crippen MR) is 84.6 cm³/mol. The summed E-state index contributed by atoms with van der Waals surface area (Å²) in [5, 5.41) is 3.01. The lowest BCUT2D eigenvalue weighted by Gasteiger charge is -2.16. The molecule has 0 radical (unpaired) electrons. The summed E-state index contributed by atoms with van der Waals surface area (Å²) in [5.74, 6) is 0.523. The Morgan fingerprint density at radius 1 is 1.10 bits per heavy atom. The number of benzene rings is 2. The molecule has 0 heterocycles. The highest BCUT2D eigenvalue weighted by Gasteiger charge is 2.15. The van der Waals surface area contributed by atoms with E-state index < -0.39 is 0 Å². The molecule has 1 N–H and O–H groups in total. The Morgan fingerprint density at radius 3 is 2.48 bits per heavy atom. The minimum Gasteiger partial charge on any atom is -0.493 e. The van der Waals surface area contributed by atoms with Crippen molar-refractivity contribution in [2.45, 2.75) is 26.3 Å². The lowest BCUT2D eigenvalue weighted by Crippen LogP contribution is -2.27. The fourth-order valence-corrected chi connectivity index (χ4v) is 2.09. The van der Waals surface area contributed by atoms with Crippen molar-refractivity contribution in [1.82, 2.24) is 5.32 Å². The summed E-state index contributed by atoms with van der Waals surface area (Å²) in [5.41, 5.74) is 1.66. The first-order valence-corrected chi connectivity index (χ1v) is 7.30. The molecule has 0 saturated heterocycles. The van der Waals surface area contributed by atoms with Gasteiger partial charge in [-0.1, -0.05) is 49.4 Å². The van der Waals surface area contributed by atoms with E-state index in [4.69, 9.17) is 4.74 Å². The smallest absolute Gasteiger partial charge is 0.255 e. The molecule has 0 aliphatic rings. The third-order valence-corrected chi connectivity index (χ3v) is 3.24. The van der Waals surface area contributed by atoms with Crippen LogP contribution in [0.15, 0.2) is 54.6 Å². The molecule has 110 valence electrons. The van der Waals surface area contributed by atoms with E-state index in [1.807, 2.05) is 62.4 Å². The molecule has 1 amide bonds. The SMILES string of the molecule is CCCOc1ccccc1C(=O)NC(C)c1ccccc1. The molecule has 1 unspecified atom stereocenters. The summed E-state index contributed by atoms with van der Waals surface area (Å²) in [6.07, 6.45) is 0.913. The predicted octanol–water partition coefficient (Wildman–Crippen LogP) is 3.97. The molecular weight excluding hydrogens is 262 g/mol. The normalized spacial score (nSPS) is 11.7. The second-order valence-electron chi connectivity index (χ2n) is 4.95. The van der Waals surface area contributed by atoms with E-state index >= 15 is 0 Å². The third-order valence-electron chi connectivity index (χ3n) is 3.24. The monoisotopic (exact) mass is 283 g/mol. The molecule has 21 heavy (non-hydrogen) atoms. The van der Waals surface area contributed by atoms with E-state index in [0.717, 1.165) is 12.0 Å². The van der Waals surface area contributed by atoms with Crippen molar-refractivity contribution in [1.29, 1.82) is 0 Å². The highest BCUT2D eigenvalue weighted by atomic mass is 16.5. The summed E-state index contributed by atoms with van der Waals surface area (Å²) in [6, 6.07) is 17.2. The topological polar surface area (TPSA) is 38.3 Å². The zero-order chi connectivity index (χ0) is 15.1. The standard InChI is InChI=1S/C18H21NO2/c1-3-13-21-17-12-8-7-11-16(17)18(20)19-14(2)15-9-5-4-6-10-15/h4-12,14H,3,13H2,1-2H3,(H,19,20). The Balaban J connectivity index is 2.10. The molecule has 0 saturated carbocycles. The molecule has 2 aromatic carbocycles. The Morgan fingerprint density at radius 2 is 1.76 bits per heavy atom. The molecule has 0 aromatic heterocycles. The average molecular weight is 283 g/mol. The first-order chi connectivity index (χ1) is 10.2. The maximum Gasteiger partial charge on any atom is 0.255 e. The maximum atomic E-state index is 12.4. The molecule has 3 nitrogen and oxygen atoms in total. The number of ether oxygens (including phenoxy) is 1. The van der Waals surface area contributed by atoms with Crippen LogP contribution in [0, 0.1) is 0 Å². The summed E-state index contributed by atoms with van der Waals surface area (Å²) in [7, 11) is 0. The summed E-state index contributed by atoms with van der Waals surface area (Å²) < 4.78 is 5.63. The van der Waals surface area contributed by atoms with Gasteiger partial charge in [-0.3, -0.25) is 4.79 Å². The van der Waals surface area contributed by atoms with Crippen LogP contribution >= 0.6 is 0 Å². The van der Waals surface area contributed by atoms with Crippen LogP contribution in [0.1, 0.15) is 42.2 Å². The average Bonchev–Trinajstić information content (AvgIpc) is 2.54. The molecule has 1 atom stereocenters. The Bertz CT molecular complexity index is 581. The van der Waals surface area contributed by atoms with Crippen LogP contribution in [0.5, 0.6) is 5.75 Å². The van der Waals surface area contributed by atoms with Crippen LogP contribution in [0.2, 0.25) is 0 Å². The zero-order valence-electron chi connectivity index (χ0n) is 12.5. The molecule has 3 heteroatoms. The lowest BCUT2D eigenvalue weighted by molar-refractivity contribution is 0.0936. The van der Waals surface area contributed by atoms with Gasteiger partial charge in [0, 0.05) is 0 Å². The van der Waals surface area contributed by atoms with Crippen LogP contribution in [-0.2, 0) is 0 Å². The maximum absolute atomic E-state index is 12.4. The molecule has 0 aliphatic carbocycles. The number of nitrogens with one attached hydrogen (secondary N) is 1. The number of hydrogen-bond donors (Lipinski definition) is 1. The van der Waals surface area contributed by atoms with Crippen LogP contribution in [0.25, 0.3) is 0 Å². The first kappa shape index (κ1) is 15.1. The van der Waals surface area contributed by atoms with Crippen LogP contribution in [0.4, 0.5) is 0 Å². The number of hydrogen-bond acceptors (Lipinski definition) is 2. The van der Waals surface area contributed by atoms with Crippen molar-refractivity contribution < 1.29 is 9.53 Å². The number of amides is 1. The summed E-state index contributed by atoms with van der Waals surface area (Å²) >= 11 is 0. The Labute approximate surface area is 126 Å². The van der Waals surface area contributed by atoms with Crippen molar-refractivity contribution in [3.63, 3.8) is 0 Å². The number of carbonyl (C=O) groups excluding carboxylic acids is 1. The van der Waals surface area contributed by atoms with E-state index in [2.05, 4.69) is 5.32 Å². The largest absolute Gasteiger partial charge is 0.493 e. The summed E-state index contributed by atoms with van der Waals surface area (Å²) in [4.78, 5) is 12.4. The van der Waals surface area contributed by atoms with E-state index in [1.165, 1.54) is 0 Å². The quantitative estimate of drug-likeness (QED) is 0.871. The second-order valence-corrected chi connectivity index (χ2v) is 4.95. The van der Waals surface area contributed by atoms with E-state index in [9.17, 15) is 4.79 Å².